The Morgan fingerprint density at radius 2 is 2.15 bits per heavy atom. The van der Waals surface area contributed by atoms with E-state index in [4.69, 9.17) is 9.47 Å². The second-order valence-corrected chi connectivity index (χ2v) is 3.82. The lowest BCUT2D eigenvalue weighted by molar-refractivity contribution is 0.0384. The van der Waals surface area contributed by atoms with Crippen LogP contribution in [0.2, 0.25) is 0 Å². The maximum atomic E-state index is 11.3. The van der Waals surface area contributed by atoms with E-state index in [9.17, 15) is 4.79 Å². The van der Waals surface area contributed by atoms with Crippen LogP contribution in [0, 0.1) is 0 Å². The van der Waals surface area contributed by atoms with Crippen molar-refractivity contribution in [3.05, 3.63) is 17.0 Å². The minimum Gasteiger partial charge on any atom is -0.487 e. The first-order chi connectivity index (χ1) is 6.13. The number of esters is 1. The van der Waals surface area contributed by atoms with E-state index in [-0.39, 0.29) is 12.1 Å². The van der Waals surface area contributed by atoms with Gasteiger partial charge in [-0.2, -0.15) is 0 Å². The zero-order valence-corrected chi connectivity index (χ0v) is 8.68. The van der Waals surface area contributed by atoms with Gasteiger partial charge in [-0.25, -0.2) is 4.79 Å². The zero-order chi connectivity index (χ0) is 9.84. The Labute approximate surface area is 81.3 Å². The molecule has 4 heteroatoms. The number of ether oxygens (including phenoxy) is 2. The van der Waals surface area contributed by atoms with Crippen molar-refractivity contribution in [1.29, 1.82) is 0 Å². The molecule has 0 saturated heterocycles. The summed E-state index contributed by atoms with van der Waals surface area (Å²) in [7, 11) is 1.57. The SMILES string of the molecule is COc1ccc(C(=O)OC(C)C)s1. The van der Waals surface area contributed by atoms with Gasteiger partial charge in [0.2, 0.25) is 0 Å². The first-order valence-electron chi connectivity index (χ1n) is 3.98. The van der Waals surface area contributed by atoms with Crippen LogP contribution in [0.4, 0.5) is 0 Å². The fraction of sp³-hybridized carbons (Fsp3) is 0.444. The van der Waals surface area contributed by atoms with Crippen LogP contribution in [-0.4, -0.2) is 19.2 Å². The van der Waals surface area contributed by atoms with E-state index < -0.39 is 0 Å². The molecule has 0 unspecified atom stereocenters. The van der Waals surface area contributed by atoms with Crippen molar-refractivity contribution in [1.82, 2.24) is 0 Å². The summed E-state index contributed by atoms with van der Waals surface area (Å²) in [6, 6.07) is 3.45. The topological polar surface area (TPSA) is 35.5 Å². The number of hydrogen-bond acceptors (Lipinski definition) is 4. The number of rotatable bonds is 3. The highest BCUT2D eigenvalue weighted by atomic mass is 32.1. The molecule has 0 N–H and O–H groups in total. The van der Waals surface area contributed by atoms with Gasteiger partial charge in [-0.3, -0.25) is 0 Å². The second kappa shape index (κ2) is 4.28. The molecule has 0 aliphatic heterocycles. The Kier molecular flexibility index (Phi) is 3.31. The molecule has 1 aromatic rings. The third-order valence-corrected chi connectivity index (χ3v) is 2.35. The summed E-state index contributed by atoms with van der Waals surface area (Å²) in [6.07, 6.45) is -0.0828. The molecule has 0 aliphatic carbocycles. The molecule has 0 amide bonds. The van der Waals surface area contributed by atoms with E-state index in [2.05, 4.69) is 0 Å². The second-order valence-electron chi connectivity index (χ2n) is 2.78. The van der Waals surface area contributed by atoms with Crippen molar-refractivity contribution < 1.29 is 14.3 Å². The summed E-state index contributed by atoms with van der Waals surface area (Å²) in [6.45, 7) is 3.64. The van der Waals surface area contributed by atoms with E-state index in [1.807, 2.05) is 13.8 Å². The lowest BCUT2D eigenvalue weighted by Crippen LogP contribution is -2.09. The standard InChI is InChI=1S/C9H12O3S/c1-6(2)12-9(10)7-4-5-8(11-3)13-7/h4-6H,1-3H3. The van der Waals surface area contributed by atoms with Gasteiger partial charge in [0.25, 0.3) is 0 Å². The average molecular weight is 200 g/mol. The fourth-order valence-corrected chi connectivity index (χ4v) is 1.52. The third kappa shape index (κ3) is 2.73. The summed E-state index contributed by atoms with van der Waals surface area (Å²) < 4.78 is 9.97. The van der Waals surface area contributed by atoms with Crippen molar-refractivity contribution in [2.45, 2.75) is 20.0 Å². The molecule has 0 fully saturated rings. The Bertz CT molecular complexity index is 291. The van der Waals surface area contributed by atoms with Gasteiger partial charge >= 0.3 is 5.97 Å². The first-order valence-corrected chi connectivity index (χ1v) is 4.80. The molecule has 0 radical (unpaired) electrons. The van der Waals surface area contributed by atoms with Crippen molar-refractivity contribution >= 4 is 17.3 Å². The fourth-order valence-electron chi connectivity index (χ4n) is 0.812. The lowest BCUT2D eigenvalue weighted by Gasteiger charge is -2.05. The predicted molar refractivity (Wildman–Crippen MR) is 51.4 cm³/mol. The van der Waals surface area contributed by atoms with Crippen LogP contribution in [0.5, 0.6) is 5.06 Å². The molecule has 0 atom stereocenters. The van der Waals surface area contributed by atoms with E-state index in [0.29, 0.717) is 4.88 Å². The van der Waals surface area contributed by atoms with Gasteiger partial charge in [-0.15, -0.1) is 0 Å². The van der Waals surface area contributed by atoms with Crippen LogP contribution in [-0.2, 0) is 4.74 Å². The van der Waals surface area contributed by atoms with Gasteiger partial charge in [0.15, 0.2) is 5.06 Å². The molecule has 13 heavy (non-hydrogen) atoms. The van der Waals surface area contributed by atoms with E-state index in [1.165, 1.54) is 11.3 Å². The quantitative estimate of drug-likeness (QED) is 0.702. The van der Waals surface area contributed by atoms with Gasteiger partial charge < -0.3 is 9.47 Å². The molecule has 1 rings (SSSR count). The van der Waals surface area contributed by atoms with Crippen molar-refractivity contribution in [3.8, 4) is 5.06 Å². The minimum absolute atomic E-state index is 0.0828. The molecule has 72 valence electrons. The maximum absolute atomic E-state index is 11.3. The van der Waals surface area contributed by atoms with Crippen molar-refractivity contribution in [3.63, 3.8) is 0 Å². The van der Waals surface area contributed by atoms with E-state index in [0.717, 1.165) is 5.06 Å². The number of methoxy groups -OCH3 is 1. The Hall–Kier alpha value is -1.03. The van der Waals surface area contributed by atoms with Crippen molar-refractivity contribution in [2.24, 2.45) is 0 Å². The number of carbonyl (C=O) groups is 1. The molecular weight excluding hydrogens is 188 g/mol. The smallest absolute Gasteiger partial charge is 0.348 e. The summed E-state index contributed by atoms with van der Waals surface area (Å²) >= 11 is 1.29. The molecule has 1 heterocycles. The number of thiophene rings is 1. The molecule has 0 saturated carbocycles. The summed E-state index contributed by atoms with van der Waals surface area (Å²) in [4.78, 5) is 11.9. The molecule has 3 nitrogen and oxygen atoms in total. The van der Waals surface area contributed by atoms with Crippen LogP contribution < -0.4 is 4.74 Å². The van der Waals surface area contributed by atoms with Gasteiger partial charge in [0.1, 0.15) is 4.88 Å². The Morgan fingerprint density at radius 1 is 1.46 bits per heavy atom. The third-order valence-electron chi connectivity index (χ3n) is 1.33. The number of carbonyl (C=O) groups excluding carboxylic acids is 1. The average Bonchev–Trinajstić information content (AvgIpc) is 2.50. The van der Waals surface area contributed by atoms with Gasteiger partial charge in [-0.1, -0.05) is 11.3 Å². The van der Waals surface area contributed by atoms with Gasteiger partial charge in [-0.05, 0) is 26.0 Å². The number of hydrogen-bond donors (Lipinski definition) is 0. The highest BCUT2D eigenvalue weighted by molar-refractivity contribution is 7.15. The Morgan fingerprint density at radius 3 is 2.62 bits per heavy atom. The first kappa shape index (κ1) is 10.1. The molecule has 0 bridgehead atoms. The normalized spacial score (nSPS) is 10.2. The van der Waals surface area contributed by atoms with Crippen LogP contribution in [0.25, 0.3) is 0 Å². The van der Waals surface area contributed by atoms with Gasteiger partial charge in [0.05, 0.1) is 13.2 Å². The summed E-state index contributed by atoms with van der Waals surface area (Å²) in [5.74, 6) is -0.289. The van der Waals surface area contributed by atoms with E-state index in [1.54, 1.807) is 19.2 Å². The Balaban J connectivity index is 2.66. The van der Waals surface area contributed by atoms with Crippen LogP contribution in [0.3, 0.4) is 0 Å². The van der Waals surface area contributed by atoms with Crippen LogP contribution >= 0.6 is 11.3 Å². The molecular formula is C9H12O3S. The van der Waals surface area contributed by atoms with Crippen LogP contribution in [0.15, 0.2) is 12.1 Å². The maximum Gasteiger partial charge on any atom is 0.348 e. The molecule has 0 spiro atoms. The monoisotopic (exact) mass is 200 g/mol. The van der Waals surface area contributed by atoms with E-state index >= 15 is 0 Å². The highest BCUT2D eigenvalue weighted by Gasteiger charge is 2.11. The minimum atomic E-state index is -0.289. The lowest BCUT2D eigenvalue weighted by atomic mass is 10.4. The molecule has 0 aliphatic rings. The summed E-state index contributed by atoms with van der Waals surface area (Å²) in [5.41, 5.74) is 0. The largest absolute Gasteiger partial charge is 0.487 e. The molecule has 0 aromatic carbocycles. The molecule has 1 aromatic heterocycles. The highest BCUT2D eigenvalue weighted by Crippen LogP contribution is 2.24. The zero-order valence-electron chi connectivity index (χ0n) is 7.87. The van der Waals surface area contributed by atoms with Crippen molar-refractivity contribution in [2.75, 3.05) is 7.11 Å². The van der Waals surface area contributed by atoms with Crippen LogP contribution in [0.1, 0.15) is 23.5 Å². The predicted octanol–water partition coefficient (Wildman–Crippen LogP) is 2.32. The van der Waals surface area contributed by atoms with Gasteiger partial charge in [0, 0.05) is 0 Å². The summed E-state index contributed by atoms with van der Waals surface area (Å²) in [5, 5.41) is 0.718.